The van der Waals surface area contributed by atoms with Gasteiger partial charge in [-0.3, -0.25) is 14.6 Å². The van der Waals surface area contributed by atoms with Crippen molar-refractivity contribution in [2.75, 3.05) is 26.3 Å². The van der Waals surface area contributed by atoms with Crippen LogP contribution in [-0.2, 0) is 23.8 Å². The number of rotatable bonds is 12. The number of ketones is 2. The average molecular weight is 722 g/mol. The van der Waals surface area contributed by atoms with Crippen LogP contribution in [0.2, 0.25) is 0 Å². The van der Waals surface area contributed by atoms with E-state index in [0.29, 0.717) is 37.5 Å². The average Bonchev–Trinajstić information content (AvgIpc) is 3.13. The molecule has 2 saturated heterocycles. The van der Waals surface area contributed by atoms with Gasteiger partial charge in [-0.15, -0.1) is 0 Å². The number of fused-ring (bicyclic) bond motifs is 2. The van der Waals surface area contributed by atoms with Crippen molar-refractivity contribution in [1.82, 2.24) is 5.32 Å². The van der Waals surface area contributed by atoms with Crippen LogP contribution in [-0.4, -0.2) is 113 Å². The monoisotopic (exact) mass is 721 g/mol. The zero-order valence-electron chi connectivity index (χ0n) is 30.0. The largest absolute Gasteiger partial charge is 0.394 e. The summed E-state index contributed by atoms with van der Waals surface area (Å²) >= 11 is 0. The standard InChI is InChI=1S/C37H63N5O9/c38-26-16-20(12-14-41-26)13-15-49-35-33(48)31(46)25(18-43)50-36(35)51-34-24(17-42-37(39)40)21(11-10-19-6-2-1-3-7-19)27-28(32(34)47)30(45)23-9-5-4-8-22(23)29(27)44/h19-28,31-36,41,43,46-48H,1-18,38H2,(H4,39,40,42). The summed E-state index contributed by atoms with van der Waals surface area (Å²) in [6, 6.07) is 0. The second kappa shape index (κ2) is 17.6. The molecule has 2 aliphatic heterocycles. The predicted octanol–water partition coefficient (Wildman–Crippen LogP) is 0.302. The van der Waals surface area contributed by atoms with Gasteiger partial charge in [0.2, 0.25) is 0 Å². The topological polar surface area (TPSA) is 245 Å². The van der Waals surface area contributed by atoms with E-state index in [1.54, 1.807) is 0 Å². The van der Waals surface area contributed by atoms with Crippen molar-refractivity contribution in [3.63, 3.8) is 0 Å². The summed E-state index contributed by atoms with van der Waals surface area (Å²) in [7, 11) is 0. The summed E-state index contributed by atoms with van der Waals surface area (Å²) in [6.45, 7) is 0.496. The molecule has 2 heterocycles. The third kappa shape index (κ3) is 8.65. The van der Waals surface area contributed by atoms with Crippen molar-refractivity contribution in [2.45, 2.75) is 139 Å². The number of nitrogens with one attached hydrogen (secondary N) is 1. The molecule has 6 fully saturated rings. The molecule has 4 saturated carbocycles. The SMILES string of the molecule is NC(N)=NCC1C(CCC2CCCCC2)C2C(=O)C3CCCCC3C(=O)C2C(O)C1OC1OC(CO)C(O)C(O)C1OCCC1CCNC(N)C1. The zero-order valence-corrected chi connectivity index (χ0v) is 30.0. The van der Waals surface area contributed by atoms with Gasteiger partial charge in [0, 0.05) is 36.8 Å². The van der Waals surface area contributed by atoms with E-state index in [1.165, 1.54) is 19.3 Å². The molecule has 0 radical (unpaired) electrons. The number of ether oxygens (including phenoxy) is 3. The highest BCUT2D eigenvalue weighted by atomic mass is 16.7. The number of piperidine rings is 1. The molecule has 14 nitrogen and oxygen atoms in total. The molecule has 15 unspecified atom stereocenters. The van der Waals surface area contributed by atoms with Gasteiger partial charge in [-0.25, -0.2) is 0 Å². The first-order valence-electron chi connectivity index (χ1n) is 19.8. The number of Topliss-reactive ketones (excluding diaryl/α,β-unsaturated/α-hetero) is 2. The number of nitrogens with two attached hydrogens (primary N) is 3. The van der Waals surface area contributed by atoms with Crippen LogP contribution >= 0.6 is 0 Å². The Balaban J connectivity index is 1.31. The van der Waals surface area contributed by atoms with Crippen LogP contribution in [0.5, 0.6) is 0 Å². The lowest BCUT2D eigenvalue weighted by molar-refractivity contribution is -0.335. The van der Waals surface area contributed by atoms with E-state index >= 15 is 0 Å². The molecule has 290 valence electrons. The molecule has 0 aromatic heterocycles. The Bertz CT molecular complexity index is 1200. The van der Waals surface area contributed by atoms with E-state index < -0.39 is 73.2 Å². The van der Waals surface area contributed by atoms with Crippen molar-refractivity contribution in [1.29, 1.82) is 0 Å². The first-order chi connectivity index (χ1) is 24.6. The summed E-state index contributed by atoms with van der Waals surface area (Å²) in [5.74, 6) is -2.63. The molecule has 4 aliphatic carbocycles. The summed E-state index contributed by atoms with van der Waals surface area (Å²) in [6.07, 6.45) is 3.70. The third-order valence-corrected chi connectivity index (χ3v) is 13.3. The van der Waals surface area contributed by atoms with Crippen molar-refractivity contribution in [3.05, 3.63) is 0 Å². The van der Waals surface area contributed by atoms with Gasteiger partial charge < -0.3 is 57.2 Å². The molecule has 6 aliphatic rings. The number of aliphatic imine (C=N–C) groups is 1. The number of nitrogens with zero attached hydrogens (tertiary/aromatic N) is 1. The Morgan fingerprint density at radius 2 is 1.49 bits per heavy atom. The lowest BCUT2D eigenvalue weighted by Crippen LogP contribution is -2.66. The fraction of sp³-hybridized carbons (Fsp3) is 0.919. The molecule has 11 N–H and O–H groups in total. The molecule has 14 heteroatoms. The van der Waals surface area contributed by atoms with Gasteiger partial charge in [-0.05, 0) is 62.8 Å². The first-order valence-corrected chi connectivity index (χ1v) is 19.8. The van der Waals surface area contributed by atoms with Gasteiger partial charge in [0.05, 0.1) is 30.9 Å². The van der Waals surface area contributed by atoms with Crippen molar-refractivity contribution in [3.8, 4) is 0 Å². The van der Waals surface area contributed by atoms with E-state index in [0.717, 1.165) is 51.5 Å². The van der Waals surface area contributed by atoms with Gasteiger partial charge >= 0.3 is 0 Å². The van der Waals surface area contributed by atoms with Crippen LogP contribution in [0, 0.1) is 47.3 Å². The predicted molar refractivity (Wildman–Crippen MR) is 188 cm³/mol. The molecule has 0 aromatic rings. The maximum atomic E-state index is 14.5. The van der Waals surface area contributed by atoms with Crippen molar-refractivity contribution >= 4 is 17.5 Å². The Morgan fingerprint density at radius 1 is 0.804 bits per heavy atom. The van der Waals surface area contributed by atoms with E-state index in [1.807, 2.05) is 0 Å². The van der Waals surface area contributed by atoms with Gasteiger partial charge in [-0.1, -0.05) is 51.4 Å². The van der Waals surface area contributed by atoms with Crippen LogP contribution in [0.3, 0.4) is 0 Å². The molecule has 0 amide bonds. The Kier molecular flexibility index (Phi) is 13.4. The molecule has 15 atom stereocenters. The number of carbonyl (C=O) groups excluding carboxylic acids is 2. The molecular formula is C37H63N5O9. The Hall–Kier alpha value is -1.75. The van der Waals surface area contributed by atoms with Crippen LogP contribution < -0.4 is 22.5 Å². The van der Waals surface area contributed by atoms with Gasteiger partial charge in [-0.2, -0.15) is 0 Å². The maximum Gasteiger partial charge on any atom is 0.187 e. The zero-order chi connectivity index (χ0) is 36.2. The van der Waals surface area contributed by atoms with Gasteiger partial charge in [0.15, 0.2) is 12.2 Å². The lowest BCUT2D eigenvalue weighted by Gasteiger charge is -2.54. The summed E-state index contributed by atoms with van der Waals surface area (Å²) in [5.41, 5.74) is 17.8. The van der Waals surface area contributed by atoms with E-state index in [9.17, 15) is 30.0 Å². The van der Waals surface area contributed by atoms with E-state index in [2.05, 4.69) is 10.3 Å². The molecular weight excluding hydrogens is 658 g/mol. The van der Waals surface area contributed by atoms with Crippen LogP contribution in [0.4, 0.5) is 0 Å². The third-order valence-electron chi connectivity index (χ3n) is 13.3. The minimum absolute atomic E-state index is 0.0565. The molecule has 6 rings (SSSR count). The van der Waals surface area contributed by atoms with Crippen LogP contribution in [0.1, 0.15) is 89.9 Å². The Labute approximate surface area is 301 Å². The van der Waals surface area contributed by atoms with E-state index in [4.69, 9.17) is 31.4 Å². The highest BCUT2D eigenvalue weighted by molar-refractivity contribution is 6.00. The smallest absolute Gasteiger partial charge is 0.187 e. The summed E-state index contributed by atoms with van der Waals surface area (Å²) < 4.78 is 19.0. The molecule has 0 aromatic carbocycles. The van der Waals surface area contributed by atoms with Crippen molar-refractivity contribution in [2.24, 2.45) is 69.5 Å². The maximum absolute atomic E-state index is 14.5. The minimum atomic E-state index is -1.47. The number of aliphatic hydroxyl groups is 4. The minimum Gasteiger partial charge on any atom is -0.394 e. The number of aliphatic hydroxyl groups excluding tert-OH is 4. The highest BCUT2D eigenvalue weighted by Crippen LogP contribution is 2.53. The summed E-state index contributed by atoms with van der Waals surface area (Å²) in [4.78, 5) is 33.2. The quantitative estimate of drug-likeness (QED) is 0.0769. The van der Waals surface area contributed by atoms with E-state index in [-0.39, 0.29) is 48.7 Å². The fourth-order valence-corrected chi connectivity index (χ4v) is 10.6. The molecule has 0 bridgehead atoms. The van der Waals surface area contributed by atoms with Crippen LogP contribution in [0.15, 0.2) is 4.99 Å². The molecule has 0 spiro atoms. The number of hydrogen-bond donors (Lipinski definition) is 8. The number of guanidine groups is 1. The van der Waals surface area contributed by atoms with Crippen molar-refractivity contribution < 1.29 is 44.2 Å². The van der Waals surface area contributed by atoms with Gasteiger partial charge in [0.25, 0.3) is 0 Å². The highest BCUT2D eigenvalue weighted by Gasteiger charge is 2.62. The first kappa shape index (κ1) is 39.0. The number of carbonyl (C=O) groups is 2. The number of hydrogen-bond acceptors (Lipinski definition) is 12. The molecule has 51 heavy (non-hydrogen) atoms. The second-order valence-corrected chi connectivity index (χ2v) is 16.4. The Morgan fingerprint density at radius 3 is 2.16 bits per heavy atom. The fourth-order valence-electron chi connectivity index (χ4n) is 10.6. The normalized spacial score (nSPS) is 43.7. The second-order valence-electron chi connectivity index (χ2n) is 16.4. The van der Waals surface area contributed by atoms with Crippen LogP contribution in [0.25, 0.3) is 0 Å². The lowest BCUT2D eigenvalue weighted by atomic mass is 9.51. The van der Waals surface area contributed by atoms with Gasteiger partial charge in [0.1, 0.15) is 36.0 Å². The summed E-state index contributed by atoms with van der Waals surface area (Å²) in [5, 5.41) is 47.7.